The molecule has 31 heavy (non-hydrogen) atoms. The molecule has 0 saturated carbocycles. The fraction of sp³-hybridized carbons (Fsp3) is 0.500. The first-order valence-corrected chi connectivity index (χ1v) is 11.2. The van der Waals surface area contributed by atoms with Crippen molar-refractivity contribution in [2.24, 2.45) is 0 Å². The number of aliphatic hydroxyl groups is 2. The molecular weight excluding hydrogens is 439 g/mol. The minimum absolute atomic E-state index is 0.0634. The average Bonchev–Trinajstić information content (AvgIpc) is 2.78. The van der Waals surface area contributed by atoms with Crippen LogP contribution >= 0.6 is 23.2 Å². The number of hydrogen-bond acceptors (Lipinski definition) is 5. The maximum Gasteiger partial charge on any atom is 0.0732 e. The van der Waals surface area contributed by atoms with E-state index in [2.05, 4.69) is 0 Å². The van der Waals surface area contributed by atoms with Crippen molar-refractivity contribution in [1.29, 1.82) is 0 Å². The molecule has 0 aliphatic heterocycles. The molecule has 0 aromatic heterocycles. The van der Waals surface area contributed by atoms with E-state index in [-0.39, 0.29) is 25.0 Å². The summed E-state index contributed by atoms with van der Waals surface area (Å²) in [6, 6.07) is 11.5. The lowest BCUT2D eigenvalue weighted by Gasteiger charge is -2.12. The van der Waals surface area contributed by atoms with Crippen LogP contribution in [0.1, 0.15) is 47.9 Å². The van der Waals surface area contributed by atoms with Gasteiger partial charge in [0, 0.05) is 35.1 Å². The van der Waals surface area contributed by atoms with E-state index in [4.69, 9.17) is 37.4 Å². The van der Waals surface area contributed by atoms with E-state index >= 15 is 0 Å². The highest BCUT2D eigenvalue weighted by Gasteiger charge is 2.09. The second-order valence-corrected chi connectivity index (χ2v) is 8.40. The minimum atomic E-state index is 0.0634. The van der Waals surface area contributed by atoms with E-state index in [0.29, 0.717) is 49.7 Å². The third-order valence-corrected chi connectivity index (χ3v) is 5.80. The molecule has 7 heteroatoms. The number of hydrogen-bond donors (Lipinski definition) is 2. The molecule has 0 bridgehead atoms. The lowest BCUT2D eigenvalue weighted by Crippen LogP contribution is -2.10. The molecule has 0 fully saturated rings. The third-order valence-electron chi connectivity index (χ3n) is 5.10. The van der Waals surface area contributed by atoms with E-state index < -0.39 is 0 Å². The van der Waals surface area contributed by atoms with Gasteiger partial charge in [-0.1, -0.05) is 61.3 Å². The van der Waals surface area contributed by atoms with Gasteiger partial charge in [-0.3, -0.25) is 0 Å². The molecule has 2 aromatic carbocycles. The fourth-order valence-corrected chi connectivity index (χ4v) is 3.37. The van der Waals surface area contributed by atoms with Crippen LogP contribution in [-0.4, -0.2) is 49.9 Å². The van der Waals surface area contributed by atoms with Crippen LogP contribution in [0.25, 0.3) is 0 Å². The van der Waals surface area contributed by atoms with Crippen molar-refractivity contribution < 1.29 is 24.4 Å². The molecule has 5 nitrogen and oxygen atoms in total. The molecule has 2 rings (SSSR count). The molecule has 0 spiro atoms. The van der Waals surface area contributed by atoms with Gasteiger partial charge in [-0.2, -0.15) is 0 Å². The number of aliphatic hydroxyl groups excluding tert-OH is 2. The minimum Gasteiger partial charge on any atom is -0.396 e. The van der Waals surface area contributed by atoms with Crippen LogP contribution in [0, 0.1) is 0 Å². The number of rotatable bonds is 14. The summed E-state index contributed by atoms with van der Waals surface area (Å²) in [5, 5.41) is 19.7. The van der Waals surface area contributed by atoms with Gasteiger partial charge in [0.25, 0.3) is 0 Å². The van der Waals surface area contributed by atoms with Crippen molar-refractivity contribution in [3.63, 3.8) is 0 Å². The van der Waals surface area contributed by atoms with Gasteiger partial charge in [-0.15, -0.1) is 0 Å². The summed E-state index contributed by atoms with van der Waals surface area (Å²) >= 11 is 12.6. The van der Waals surface area contributed by atoms with Gasteiger partial charge in [-0.05, 0) is 34.4 Å². The quantitative estimate of drug-likeness (QED) is 0.383. The molecule has 2 unspecified atom stereocenters. The molecule has 0 radical (unpaired) electrons. The summed E-state index contributed by atoms with van der Waals surface area (Å²) in [6.07, 6.45) is 0. The standard InChI is InChI=1S/C24H32Cl2O5/c1-17(13-27)19-3-5-21(23(25)11-19)15-30-9-7-29-8-10-31-16-22-6-4-20(12-24(22)26)18(2)14-28/h3-6,11-12,17-18,27-28H,7-10,13-16H2,1-2H3. The number of halogens is 2. The van der Waals surface area contributed by atoms with Crippen LogP contribution in [0.5, 0.6) is 0 Å². The molecule has 172 valence electrons. The Labute approximate surface area is 194 Å². The van der Waals surface area contributed by atoms with Crippen LogP contribution in [0.15, 0.2) is 36.4 Å². The van der Waals surface area contributed by atoms with Crippen LogP contribution in [0.3, 0.4) is 0 Å². The molecule has 0 heterocycles. The Morgan fingerprint density at radius 2 is 1.06 bits per heavy atom. The second-order valence-electron chi connectivity index (χ2n) is 7.59. The maximum atomic E-state index is 9.23. The zero-order valence-electron chi connectivity index (χ0n) is 18.2. The Balaban J connectivity index is 1.57. The van der Waals surface area contributed by atoms with E-state index in [0.717, 1.165) is 22.3 Å². The van der Waals surface area contributed by atoms with E-state index in [1.54, 1.807) is 0 Å². The van der Waals surface area contributed by atoms with Crippen molar-refractivity contribution in [3.8, 4) is 0 Å². The number of ether oxygens (including phenoxy) is 3. The largest absolute Gasteiger partial charge is 0.396 e. The third kappa shape index (κ3) is 8.70. The zero-order chi connectivity index (χ0) is 22.6. The van der Waals surface area contributed by atoms with Gasteiger partial charge in [0.15, 0.2) is 0 Å². The van der Waals surface area contributed by atoms with Crippen LogP contribution in [0.4, 0.5) is 0 Å². The van der Waals surface area contributed by atoms with Crippen molar-refractivity contribution >= 4 is 23.2 Å². The Morgan fingerprint density at radius 1 is 0.677 bits per heavy atom. The molecule has 0 saturated heterocycles. The predicted octanol–water partition coefficient (Wildman–Crippen LogP) is 4.94. The highest BCUT2D eigenvalue weighted by atomic mass is 35.5. The molecule has 0 aliphatic rings. The van der Waals surface area contributed by atoms with Crippen molar-refractivity contribution in [2.45, 2.75) is 38.9 Å². The molecule has 2 aromatic rings. The van der Waals surface area contributed by atoms with Crippen LogP contribution in [0.2, 0.25) is 10.0 Å². The average molecular weight is 471 g/mol. The van der Waals surface area contributed by atoms with Gasteiger partial charge < -0.3 is 24.4 Å². The molecule has 0 amide bonds. The normalized spacial score (nSPS) is 13.4. The van der Waals surface area contributed by atoms with Gasteiger partial charge in [0.1, 0.15) is 0 Å². The Morgan fingerprint density at radius 3 is 1.42 bits per heavy atom. The lowest BCUT2D eigenvalue weighted by molar-refractivity contribution is 0.00706. The maximum absolute atomic E-state index is 9.23. The van der Waals surface area contributed by atoms with Crippen molar-refractivity contribution in [1.82, 2.24) is 0 Å². The summed E-state index contributed by atoms with van der Waals surface area (Å²) < 4.78 is 16.8. The van der Waals surface area contributed by atoms with Gasteiger partial charge >= 0.3 is 0 Å². The SMILES string of the molecule is CC(CO)c1ccc(COCCOCCOCc2ccc(C(C)CO)cc2Cl)c(Cl)c1. The van der Waals surface area contributed by atoms with Crippen LogP contribution in [-0.2, 0) is 27.4 Å². The Kier molecular flexibility index (Phi) is 11.8. The van der Waals surface area contributed by atoms with Gasteiger partial charge in [0.05, 0.1) is 39.6 Å². The lowest BCUT2D eigenvalue weighted by atomic mass is 10.0. The second kappa shape index (κ2) is 14.1. The Hall–Kier alpha value is -1.18. The van der Waals surface area contributed by atoms with E-state index in [9.17, 15) is 10.2 Å². The summed E-state index contributed by atoms with van der Waals surface area (Å²) in [4.78, 5) is 0. The summed E-state index contributed by atoms with van der Waals surface area (Å²) in [6.45, 7) is 6.77. The van der Waals surface area contributed by atoms with Crippen molar-refractivity contribution in [2.75, 3.05) is 39.6 Å². The zero-order valence-corrected chi connectivity index (χ0v) is 19.7. The summed E-state index contributed by atoms with van der Waals surface area (Å²) in [5.41, 5.74) is 3.85. The van der Waals surface area contributed by atoms with Gasteiger partial charge in [0.2, 0.25) is 0 Å². The summed E-state index contributed by atoms with van der Waals surface area (Å²) in [5.74, 6) is 0.127. The molecule has 2 N–H and O–H groups in total. The highest BCUT2D eigenvalue weighted by Crippen LogP contribution is 2.24. The van der Waals surface area contributed by atoms with Gasteiger partial charge in [-0.25, -0.2) is 0 Å². The van der Waals surface area contributed by atoms with Crippen molar-refractivity contribution in [3.05, 3.63) is 68.7 Å². The number of benzene rings is 2. The highest BCUT2D eigenvalue weighted by molar-refractivity contribution is 6.31. The first kappa shape index (κ1) is 26.1. The van der Waals surface area contributed by atoms with Crippen LogP contribution < -0.4 is 0 Å². The topological polar surface area (TPSA) is 68.2 Å². The molecule has 0 aliphatic carbocycles. The molecule has 2 atom stereocenters. The fourth-order valence-electron chi connectivity index (χ4n) is 2.89. The monoisotopic (exact) mass is 470 g/mol. The Bertz CT molecular complexity index is 734. The first-order valence-electron chi connectivity index (χ1n) is 10.5. The van der Waals surface area contributed by atoms with E-state index in [1.165, 1.54) is 0 Å². The smallest absolute Gasteiger partial charge is 0.0732 e. The molecular formula is C24H32Cl2O5. The van der Waals surface area contributed by atoms with E-state index in [1.807, 2.05) is 50.2 Å². The predicted molar refractivity (Wildman–Crippen MR) is 124 cm³/mol. The summed E-state index contributed by atoms with van der Waals surface area (Å²) in [7, 11) is 0. The first-order chi connectivity index (χ1) is 15.0.